The van der Waals surface area contributed by atoms with Crippen molar-refractivity contribution in [3.05, 3.63) is 24.3 Å². The molecule has 0 fully saturated rings. The first-order valence-corrected chi connectivity index (χ1v) is 3.77. The SMILES string of the molecule is O=C(O)COc1ccccc1S. The van der Waals surface area contributed by atoms with Crippen molar-refractivity contribution in [2.24, 2.45) is 0 Å². The molecule has 1 aromatic carbocycles. The van der Waals surface area contributed by atoms with Crippen molar-refractivity contribution in [3.63, 3.8) is 0 Å². The van der Waals surface area contributed by atoms with Gasteiger partial charge in [-0.15, -0.1) is 12.6 Å². The molecule has 0 spiro atoms. The van der Waals surface area contributed by atoms with Gasteiger partial charge in [0.25, 0.3) is 0 Å². The molecule has 0 atom stereocenters. The van der Waals surface area contributed by atoms with Gasteiger partial charge in [0.05, 0.1) is 0 Å². The van der Waals surface area contributed by atoms with Crippen molar-refractivity contribution in [2.75, 3.05) is 6.61 Å². The number of hydrogen-bond donors (Lipinski definition) is 2. The summed E-state index contributed by atoms with van der Waals surface area (Å²) in [5.74, 6) is -0.505. The molecule has 1 aromatic rings. The van der Waals surface area contributed by atoms with E-state index in [4.69, 9.17) is 9.84 Å². The minimum atomic E-state index is -0.994. The summed E-state index contributed by atoms with van der Waals surface area (Å²) in [5.41, 5.74) is 0. The number of carbonyl (C=O) groups is 1. The van der Waals surface area contributed by atoms with Crippen LogP contribution in [0.5, 0.6) is 5.75 Å². The van der Waals surface area contributed by atoms with Gasteiger partial charge in [-0.3, -0.25) is 0 Å². The molecular formula is C8H8O3S. The van der Waals surface area contributed by atoms with E-state index in [0.29, 0.717) is 10.6 Å². The molecule has 1 N–H and O–H groups in total. The number of thiol groups is 1. The molecule has 0 bridgehead atoms. The molecule has 0 unspecified atom stereocenters. The Morgan fingerprint density at radius 1 is 1.50 bits per heavy atom. The van der Waals surface area contributed by atoms with Crippen LogP contribution in [0.3, 0.4) is 0 Å². The second-order valence-corrected chi connectivity index (χ2v) is 2.63. The van der Waals surface area contributed by atoms with E-state index in [1.54, 1.807) is 24.3 Å². The first-order valence-electron chi connectivity index (χ1n) is 3.33. The number of hydrogen-bond acceptors (Lipinski definition) is 3. The monoisotopic (exact) mass is 184 g/mol. The zero-order valence-electron chi connectivity index (χ0n) is 6.23. The zero-order valence-corrected chi connectivity index (χ0v) is 7.12. The molecule has 0 saturated heterocycles. The largest absolute Gasteiger partial charge is 0.481 e. The van der Waals surface area contributed by atoms with E-state index in [1.165, 1.54) is 0 Å². The van der Waals surface area contributed by atoms with Gasteiger partial charge in [0.15, 0.2) is 6.61 Å². The molecular weight excluding hydrogens is 176 g/mol. The van der Waals surface area contributed by atoms with E-state index >= 15 is 0 Å². The second-order valence-electron chi connectivity index (χ2n) is 2.15. The highest BCUT2D eigenvalue weighted by Gasteiger charge is 2.00. The van der Waals surface area contributed by atoms with Crippen molar-refractivity contribution in [1.82, 2.24) is 0 Å². The first kappa shape index (κ1) is 8.93. The van der Waals surface area contributed by atoms with Crippen LogP contribution in [0.25, 0.3) is 0 Å². The molecule has 0 aliphatic rings. The van der Waals surface area contributed by atoms with Crippen LogP contribution in [0, 0.1) is 0 Å². The number of rotatable bonds is 3. The fraction of sp³-hybridized carbons (Fsp3) is 0.125. The van der Waals surface area contributed by atoms with E-state index in [2.05, 4.69) is 12.6 Å². The van der Waals surface area contributed by atoms with Gasteiger partial charge >= 0.3 is 5.97 Å². The van der Waals surface area contributed by atoms with E-state index in [0.717, 1.165) is 0 Å². The van der Waals surface area contributed by atoms with Crippen molar-refractivity contribution in [3.8, 4) is 5.75 Å². The summed E-state index contributed by atoms with van der Waals surface area (Å²) in [6.45, 7) is -0.336. The fourth-order valence-corrected chi connectivity index (χ4v) is 0.944. The predicted octanol–water partition coefficient (Wildman–Crippen LogP) is 1.44. The van der Waals surface area contributed by atoms with Gasteiger partial charge in [0, 0.05) is 4.90 Å². The Hall–Kier alpha value is -1.16. The number of ether oxygens (including phenoxy) is 1. The predicted molar refractivity (Wildman–Crippen MR) is 46.8 cm³/mol. The standard InChI is InChI=1S/C8H8O3S/c9-8(10)5-11-6-3-1-2-4-7(6)12/h1-4,12H,5H2,(H,9,10). The molecule has 0 aliphatic carbocycles. The summed E-state index contributed by atoms with van der Waals surface area (Å²) < 4.78 is 4.92. The van der Waals surface area contributed by atoms with Crippen molar-refractivity contribution in [1.29, 1.82) is 0 Å². The molecule has 3 nitrogen and oxygen atoms in total. The van der Waals surface area contributed by atoms with Crippen LogP contribution in [0.1, 0.15) is 0 Å². The molecule has 64 valence electrons. The zero-order chi connectivity index (χ0) is 8.97. The molecule has 0 amide bonds. The average molecular weight is 184 g/mol. The highest BCUT2D eigenvalue weighted by molar-refractivity contribution is 7.80. The van der Waals surface area contributed by atoms with E-state index in [9.17, 15) is 4.79 Å². The summed E-state index contributed by atoms with van der Waals surface area (Å²) >= 11 is 4.08. The summed E-state index contributed by atoms with van der Waals surface area (Å²) in [4.78, 5) is 10.8. The van der Waals surface area contributed by atoms with E-state index < -0.39 is 5.97 Å². The van der Waals surface area contributed by atoms with E-state index in [1.807, 2.05) is 0 Å². The quantitative estimate of drug-likeness (QED) is 0.699. The molecule has 12 heavy (non-hydrogen) atoms. The lowest BCUT2D eigenvalue weighted by atomic mass is 10.3. The summed E-state index contributed by atoms with van der Waals surface area (Å²) in [6, 6.07) is 6.97. The summed E-state index contributed by atoms with van der Waals surface area (Å²) in [5, 5.41) is 8.32. The maximum Gasteiger partial charge on any atom is 0.341 e. The topological polar surface area (TPSA) is 46.5 Å². The van der Waals surface area contributed by atoms with Crippen LogP contribution in [-0.2, 0) is 4.79 Å². The minimum Gasteiger partial charge on any atom is -0.481 e. The van der Waals surface area contributed by atoms with Gasteiger partial charge in [0.1, 0.15) is 5.75 Å². The Morgan fingerprint density at radius 2 is 2.17 bits per heavy atom. The molecule has 0 heterocycles. The Morgan fingerprint density at radius 3 is 2.75 bits per heavy atom. The third-order valence-corrected chi connectivity index (χ3v) is 1.59. The van der Waals surface area contributed by atoms with Gasteiger partial charge in [-0.25, -0.2) is 4.79 Å². The molecule has 0 radical (unpaired) electrons. The van der Waals surface area contributed by atoms with Gasteiger partial charge < -0.3 is 9.84 Å². The fourth-order valence-electron chi connectivity index (χ4n) is 0.719. The van der Waals surface area contributed by atoms with Crippen molar-refractivity contribution in [2.45, 2.75) is 4.90 Å². The molecule has 1 rings (SSSR count). The van der Waals surface area contributed by atoms with Gasteiger partial charge in [-0.05, 0) is 12.1 Å². The molecule has 4 heteroatoms. The summed E-state index contributed by atoms with van der Waals surface area (Å²) in [7, 11) is 0. The average Bonchev–Trinajstić information content (AvgIpc) is 2.03. The number of carboxylic acid groups (broad SMARTS) is 1. The van der Waals surface area contributed by atoms with E-state index in [-0.39, 0.29) is 6.61 Å². The lowest BCUT2D eigenvalue weighted by Crippen LogP contribution is -2.09. The van der Waals surface area contributed by atoms with Crippen molar-refractivity contribution < 1.29 is 14.6 Å². The van der Waals surface area contributed by atoms with Gasteiger partial charge in [-0.2, -0.15) is 0 Å². The normalized spacial score (nSPS) is 9.42. The molecule has 0 aromatic heterocycles. The minimum absolute atomic E-state index is 0.336. The lowest BCUT2D eigenvalue weighted by molar-refractivity contribution is -0.139. The Kier molecular flexibility index (Phi) is 2.99. The lowest BCUT2D eigenvalue weighted by Gasteiger charge is -2.04. The third kappa shape index (κ3) is 2.47. The van der Waals surface area contributed by atoms with Crippen LogP contribution < -0.4 is 4.74 Å². The van der Waals surface area contributed by atoms with Crippen LogP contribution in [0.4, 0.5) is 0 Å². The molecule has 0 saturated carbocycles. The smallest absolute Gasteiger partial charge is 0.341 e. The van der Waals surface area contributed by atoms with Crippen LogP contribution in [0.15, 0.2) is 29.2 Å². The number of aliphatic carboxylic acids is 1. The Balaban J connectivity index is 2.63. The second kappa shape index (κ2) is 4.01. The molecule has 0 aliphatic heterocycles. The Bertz CT molecular complexity index is 285. The van der Waals surface area contributed by atoms with Gasteiger partial charge in [0.2, 0.25) is 0 Å². The number of para-hydroxylation sites is 1. The van der Waals surface area contributed by atoms with Crippen LogP contribution >= 0.6 is 12.6 Å². The third-order valence-electron chi connectivity index (χ3n) is 1.22. The van der Waals surface area contributed by atoms with Crippen LogP contribution in [-0.4, -0.2) is 17.7 Å². The Labute approximate surface area is 75.4 Å². The van der Waals surface area contributed by atoms with Crippen molar-refractivity contribution >= 4 is 18.6 Å². The maximum atomic E-state index is 10.1. The highest BCUT2D eigenvalue weighted by Crippen LogP contribution is 2.20. The van der Waals surface area contributed by atoms with Crippen LogP contribution in [0.2, 0.25) is 0 Å². The summed E-state index contributed by atoms with van der Waals surface area (Å²) in [6.07, 6.45) is 0. The highest BCUT2D eigenvalue weighted by atomic mass is 32.1. The van der Waals surface area contributed by atoms with Gasteiger partial charge in [-0.1, -0.05) is 12.1 Å². The first-order chi connectivity index (χ1) is 5.70. The maximum absolute atomic E-state index is 10.1. The number of benzene rings is 1. The number of carboxylic acids is 1.